The zero-order valence-corrected chi connectivity index (χ0v) is 32.4. The van der Waals surface area contributed by atoms with Gasteiger partial charge in [-0.3, -0.25) is 9.59 Å². The third kappa shape index (κ3) is 25.8. The van der Waals surface area contributed by atoms with Crippen LogP contribution in [0.1, 0.15) is 181 Å². The molecule has 1 saturated heterocycles. The highest BCUT2D eigenvalue weighted by Gasteiger charge is 2.45. The summed E-state index contributed by atoms with van der Waals surface area (Å²) in [6.07, 6.45) is 28.7. The van der Waals surface area contributed by atoms with E-state index in [1.165, 1.54) is 38.5 Å². The number of ether oxygens (including phenoxy) is 3. The highest BCUT2D eigenvalue weighted by Crippen LogP contribution is 2.24. The summed E-state index contributed by atoms with van der Waals surface area (Å²) in [5.41, 5.74) is 0. The van der Waals surface area contributed by atoms with Crippen LogP contribution >= 0.6 is 0 Å². The van der Waals surface area contributed by atoms with Gasteiger partial charge in [0, 0.05) is 12.8 Å². The minimum absolute atomic E-state index is 0.0577. The van der Waals surface area contributed by atoms with Gasteiger partial charge in [-0.05, 0) is 64.2 Å². The van der Waals surface area contributed by atoms with E-state index in [0.717, 1.165) is 103 Å². The molecule has 4 N–H and O–H groups in total. The van der Waals surface area contributed by atoms with Crippen LogP contribution in [0, 0.1) is 0 Å². The van der Waals surface area contributed by atoms with Crippen LogP contribution in [0.5, 0.6) is 0 Å². The van der Waals surface area contributed by atoms with Gasteiger partial charge in [-0.2, -0.15) is 0 Å². The fourth-order valence-electron chi connectivity index (χ4n) is 6.44. The fourth-order valence-corrected chi connectivity index (χ4v) is 6.44. The maximum atomic E-state index is 12.6. The predicted molar refractivity (Wildman–Crippen MR) is 204 cm³/mol. The van der Waals surface area contributed by atoms with Crippen LogP contribution < -0.4 is 0 Å². The summed E-state index contributed by atoms with van der Waals surface area (Å²) in [7, 11) is 0. The van der Waals surface area contributed by atoms with Gasteiger partial charge in [0.2, 0.25) is 0 Å². The van der Waals surface area contributed by atoms with Crippen LogP contribution in [0.15, 0.2) is 24.3 Å². The lowest BCUT2D eigenvalue weighted by Crippen LogP contribution is -2.45. The smallest absolute Gasteiger partial charge is 0.306 e. The zero-order chi connectivity index (χ0) is 37.4. The number of carbonyl (C=O) groups excluding carboxylic acids is 2. The number of allylic oxidation sites excluding steroid dienone is 2. The average molecular weight is 725 g/mol. The number of esters is 2. The van der Waals surface area contributed by atoms with Crippen molar-refractivity contribution in [1.29, 1.82) is 0 Å². The van der Waals surface area contributed by atoms with E-state index in [2.05, 4.69) is 38.2 Å². The highest BCUT2D eigenvalue weighted by molar-refractivity contribution is 5.70. The number of carbonyl (C=O) groups is 2. The second-order valence-electron chi connectivity index (χ2n) is 14.6. The molecular formula is C42H76O9. The van der Waals surface area contributed by atoms with E-state index in [-0.39, 0.29) is 31.7 Å². The third-order valence-corrected chi connectivity index (χ3v) is 9.69. The largest absolute Gasteiger partial charge is 0.457 e. The van der Waals surface area contributed by atoms with E-state index in [9.17, 15) is 30.0 Å². The molecule has 0 unspecified atom stereocenters. The van der Waals surface area contributed by atoms with Crippen LogP contribution in [0.25, 0.3) is 0 Å². The maximum Gasteiger partial charge on any atom is 0.306 e. The summed E-state index contributed by atoms with van der Waals surface area (Å²) >= 11 is 0. The fraction of sp³-hybridized carbons (Fsp3) is 0.857. The molecule has 1 heterocycles. The molecule has 0 saturated carbocycles. The summed E-state index contributed by atoms with van der Waals surface area (Å²) in [4.78, 5) is 25.1. The SMILES string of the molecule is CCCCCC[C@@H](O)CC=CCCCCCCCC(=O)O[C@H]1[C@@H]([C@@H](CO)OC(=O)CCCCCCCC=CC[C@H](O)CCCCCC)OC[C@@H]1O. The molecule has 0 aromatic carbocycles. The highest BCUT2D eigenvalue weighted by atomic mass is 16.6. The number of rotatable bonds is 34. The Morgan fingerprint density at radius 3 is 1.65 bits per heavy atom. The molecule has 1 rings (SSSR count). The standard InChI is InChI=1S/C42H76O9/c1-3-5-7-21-27-35(44)29-23-17-13-9-11-15-19-25-31-39(47)50-38(33-43)42-41(37(46)34-49-42)51-40(48)32-26-20-16-12-10-14-18-24-30-36(45)28-22-8-6-4-2/h17-18,23-24,35-38,41-46H,3-16,19-22,25-34H2,1-2H3/t35-,36-,37+,38-,41-,42-/m1/s1. The summed E-state index contributed by atoms with van der Waals surface area (Å²) in [5.74, 6) is -0.870. The van der Waals surface area contributed by atoms with E-state index in [4.69, 9.17) is 14.2 Å². The number of aliphatic hydroxyl groups is 4. The quantitative estimate of drug-likeness (QED) is 0.0292. The van der Waals surface area contributed by atoms with Gasteiger partial charge >= 0.3 is 11.9 Å². The average Bonchev–Trinajstić information content (AvgIpc) is 3.47. The van der Waals surface area contributed by atoms with Gasteiger partial charge in [-0.1, -0.05) is 128 Å². The summed E-state index contributed by atoms with van der Waals surface area (Å²) < 4.78 is 16.7. The van der Waals surface area contributed by atoms with E-state index >= 15 is 0 Å². The molecule has 1 aliphatic rings. The zero-order valence-electron chi connectivity index (χ0n) is 32.4. The molecular weight excluding hydrogens is 648 g/mol. The topological polar surface area (TPSA) is 143 Å². The first-order valence-electron chi connectivity index (χ1n) is 20.8. The van der Waals surface area contributed by atoms with Crippen molar-refractivity contribution in [2.45, 2.75) is 217 Å². The Morgan fingerprint density at radius 1 is 0.667 bits per heavy atom. The van der Waals surface area contributed by atoms with Crippen molar-refractivity contribution in [3.05, 3.63) is 24.3 Å². The Kier molecular flexibility index (Phi) is 30.4. The molecule has 0 aromatic heterocycles. The molecule has 51 heavy (non-hydrogen) atoms. The first-order chi connectivity index (χ1) is 24.8. The van der Waals surface area contributed by atoms with Crippen LogP contribution in [-0.2, 0) is 23.8 Å². The summed E-state index contributed by atoms with van der Waals surface area (Å²) in [5, 5.41) is 40.4. The molecule has 0 aliphatic carbocycles. The van der Waals surface area contributed by atoms with Gasteiger partial charge in [0.15, 0.2) is 12.2 Å². The van der Waals surface area contributed by atoms with Crippen molar-refractivity contribution < 1.29 is 44.2 Å². The second-order valence-corrected chi connectivity index (χ2v) is 14.6. The molecule has 0 aromatic rings. The Balaban J connectivity index is 2.16. The lowest BCUT2D eigenvalue weighted by molar-refractivity contribution is -0.171. The Morgan fingerprint density at radius 2 is 1.14 bits per heavy atom. The van der Waals surface area contributed by atoms with Gasteiger partial charge in [0.05, 0.1) is 25.4 Å². The number of hydrogen-bond donors (Lipinski definition) is 4. The van der Waals surface area contributed by atoms with Crippen molar-refractivity contribution in [2.75, 3.05) is 13.2 Å². The van der Waals surface area contributed by atoms with Crippen LogP contribution in [0.2, 0.25) is 0 Å². The molecule has 0 amide bonds. The van der Waals surface area contributed by atoms with Crippen LogP contribution in [0.3, 0.4) is 0 Å². The first-order valence-corrected chi connectivity index (χ1v) is 20.8. The van der Waals surface area contributed by atoms with Crippen molar-refractivity contribution in [3.8, 4) is 0 Å². The second kappa shape index (κ2) is 32.8. The molecule has 0 spiro atoms. The number of hydrogen-bond acceptors (Lipinski definition) is 9. The molecule has 0 bridgehead atoms. The van der Waals surface area contributed by atoms with Crippen molar-refractivity contribution in [3.63, 3.8) is 0 Å². The molecule has 9 heteroatoms. The van der Waals surface area contributed by atoms with E-state index in [1.807, 2.05) is 0 Å². The lowest BCUT2D eigenvalue weighted by Gasteiger charge is -2.27. The van der Waals surface area contributed by atoms with Gasteiger partial charge < -0.3 is 34.6 Å². The normalized spacial score (nSPS) is 19.5. The van der Waals surface area contributed by atoms with Crippen molar-refractivity contribution >= 4 is 11.9 Å². The lowest BCUT2D eigenvalue weighted by atomic mass is 10.1. The summed E-state index contributed by atoms with van der Waals surface area (Å²) in [6.45, 7) is 3.83. The van der Waals surface area contributed by atoms with E-state index in [1.54, 1.807) is 0 Å². The first kappa shape index (κ1) is 47.2. The van der Waals surface area contributed by atoms with Gasteiger partial charge in [0.1, 0.15) is 12.2 Å². The molecule has 298 valence electrons. The summed E-state index contributed by atoms with van der Waals surface area (Å²) in [6, 6.07) is 0. The Labute approximate surface area is 310 Å². The third-order valence-electron chi connectivity index (χ3n) is 9.69. The molecule has 0 radical (unpaired) electrons. The van der Waals surface area contributed by atoms with Crippen LogP contribution in [-0.4, -0.2) is 82.2 Å². The molecule has 6 atom stereocenters. The van der Waals surface area contributed by atoms with Gasteiger partial charge in [-0.25, -0.2) is 0 Å². The number of aliphatic hydroxyl groups excluding tert-OH is 4. The minimum Gasteiger partial charge on any atom is -0.457 e. The van der Waals surface area contributed by atoms with Crippen molar-refractivity contribution in [2.24, 2.45) is 0 Å². The van der Waals surface area contributed by atoms with Crippen LogP contribution in [0.4, 0.5) is 0 Å². The minimum atomic E-state index is -1.04. The maximum absolute atomic E-state index is 12.6. The number of unbranched alkanes of at least 4 members (excludes halogenated alkanes) is 16. The van der Waals surface area contributed by atoms with Crippen molar-refractivity contribution in [1.82, 2.24) is 0 Å². The van der Waals surface area contributed by atoms with E-state index < -0.39 is 43.0 Å². The predicted octanol–water partition coefficient (Wildman–Crippen LogP) is 8.58. The van der Waals surface area contributed by atoms with E-state index in [0.29, 0.717) is 12.8 Å². The molecule has 9 nitrogen and oxygen atoms in total. The Bertz CT molecular complexity index is 892. The van der Waals surface area contributed by atoms with Gasteiger partial charge in [-0.15, -0.1) is 0 Å². The van der Waals surface area contributed by atoms with Gasteiger partial charge in [0.25, 0.3) is 0 Å². The Hall–Kier alpha value is -1.78. The monoisotopic (exact) mass is 725 g/mol. The molecule has 1 aliphatic heterocycles. The molecule has 1 fully saturated rings.